The molecule has 10 heteroatoms. The van der Waals surface area contributed by atoms with Crippen LogP contribution in [0.4, 0.5) is 4.79 Å². The highest BCUT2D eigenvalue weighted by atomic mass is 32.2. The number of nitrogens with one attached hydrogen (secondary N) is 1. The van der Waals surface area contributed by atoms with Crippen LogP contribution in [0.2, 0.25) is 0 Å². The normalized spacial score (nSPS) is 24.5. The molecular weight excluding hydrogens is 424 g/mol. The van der Waals surface area contributed by atoms with E-state index in [1.807, 2.05) is 44.2 Å². The zero-order chi connectivity index (χ0) is 22.8. The third-order valence-electron chi connectivity index (χ3n) is 4.99. The molecule has 1 aromatic rings. The summed E-state index contributed by atoms with van der Waals surface area (Å²) in [5.41, 5.74) is 0.847. The fourth-order valence-electron chi connectivity index (χ4n) is 3.67. The van der Waals surface area contributed by atoms with E-state index in [1.165, 1.54) is 23.6 Å². The average Bonchev–Trinajstić information content (AvgIpc) is 2.95. The molecule has 2 saturated heterocycles. The van der Waals surface area contributed by atoms with Crippen LogP contribution in [-0.4, -0.2) is 63.9 Å². The van der Waals surface area contributed by atoms with Gasteiger partial charge >= 0.3 is 12.1 Å². The van der Waals surface area contributed by atoms with Gasteiger partial charge in [-0.3, -0.25) is 9.59 Å². The smallest absolute Gasteiger partial charge is 0.435 e. The summed E-state index contributed by atoms with van der Waals surface area (Å²) >= 11 is 1.42. The predicted molar refractivity (Wildman–Crippen MR) is 112 cm³/mol. The van der Waals surface area contributed by atoms with Gasteiger partial charge in [-0.2, -0.15) is 0 Å². The molecule has 4 atom stereocenters. The second-order valence-electron chi connectivity index (χ2n) is 7.77. The quantitative estimate of drug-likeness (QED) is 0.381. The molecule has 3 unspecified atom stereocenters. The van der Waals surface area contributed by atoms with Crippen molar-refractivity contribution < 1.29 is 33.4 Å². The second kappa shape index (κ2) is 9.17. The summed E-state index contributed by atoms with van der Waals surface area (Å²) in [6.07, 6.45) is -1.94. The third-order valence-corrected chi connectivity index (χ3v) is 6.57. The Kier molecular flexibility index (Phi) is 6.78. The molecule has 9 nitrogen and oxygen atoms in total. The van der Waals surface area contributed by atoms with Crippen molar-refractivity contribution in [2.45, 2.75) is 62.6 Å². The number of carbonyl (C=O) groups excluding carboxylic acids is 4. The molecule has 0 spiro atoms. The first-order chi connectivity index (χ1) is 14.6. The number of carbonyl (C=O) groups is 4. The molecule has 1 aromatic carbocycles. The summed E-state index contributed by atoms with van der Waals surface area (Å²) in [6, 6.07) is 7.66. The van der Waals surface area contributed by atoms with Crippen LogP contribution in [0.3, 0.4) is 0 Å². The lowest BCUT2D eigenvalue weighted by Gasteiger charge is -2.44. The molecule has 0 radical (unpaired) electrons. The van der Waals surface area contributed by atoms with Crippen LogP contribution in [-0.2, 0) is 35.0 Å². The van der Waals surface area contributed by atoms with E-state index in [2.05, 4.69) is 10.1 Å². The number of fused-ring (bicyclic) bond motifs is 1. The van der Waals surface area contributed by atoms with E-state index in [1.54, 1.807) is 6.92 Å². The summed E-state index contributed by atoms with van der Waals surface area (Å²) in [5, 5.41) is 2.40. The number of esters is 1. The first kappa shape index (κ1) is 22.9. The number of ether oxygens (including phenoxy) is 3. The van der Waals surface area contributed by atoms with Crippen LogP contribution in [0.15, 0.2) is 30.3 Å². The SMILES string of the molecule is CCOC(=O)OC(C)OC(=O)C1N2C(=O)[C@@H](NC(=O)Cc3ccccc3)C2SC1(C)C. The van der Waals surface area contributed by atoms with Gasteiger partial charge in [0.2, 0.25) is 18.1 Å². The fourth-order valence-corrected chi connectivity index (χ4v) is 5.29. The van der Waals surface area contributed by atoms with Crippen molar-refractivity contribution in [3.8, 4) is 0 Å². The number of hydrogen-bond acceptors (Lipinski definition) is 8. The third kappa shape index (κ3) is 4.95. The first-order valence-corrected chi connectivity index (χ1v) is 10.9. The lowest BCUT2D eigenvalue weighted by molar-refractivity contribution is -0.180. The summed E-state index contributed by atoms with van der Waals surface area (Å²) in [5.74, 6) is -1.28. The van der Waals surface area contributed by atoms with Crippen LogP contribution in [0, 0.1) is 0 Å². The molecular formula is C21H26N2O7S. The molecule has 3 rings (SSSR count). The van der Waals surface area contributed by atoms with Gasteiger partial charge in [-0.15, -0.1) is 11.8 Å². The van der Waals surface area contributed by atoms with Gasteiger partial charge < -0.3 is 24.4 Å². The number of nitrogens with zero attached hydrogens (tertiary/aromatic N) is 1. The van der Waals surface area contributed by atoms with Crippen LogP contribution >= 0.6 is 11.8 Å². The number of benzene rings is 1. The molecule has 0 saturated carbocycles. The Hall–Kier alpha value is -2.75. The van der Waals surface area contributed by atoms with E-state index < -0.39 is 35.2 Å². The molecule has 168 valence electrons. The Balaban J connectivity index is 1.60. The van der Waals surface area contributed by atoms with Gasteiger partial charge in [-0.1, -0.05) is 30.3 Å². The number of thioether (sulfide) groups is 1. The minimum Gasteiger partial charge on any atom is -0.435 e. The zero-order valence-electron chi connectivity index (χ0n) is 17.8. The van der Waals surface area contributed by atoms with E-state index in [9.17, 15) is 19.2 Å². The average molecular weight is 451 g/mol. The predicted octanol–water partition coefficient (Wildman–Crippen LogP) is 1.84. The van der Waals surface area contributed by atoms with Crippen LogP contribution in [0.1, 0.15) is 33.3 Å². The van der Waals surface area contributed by atoms with E-state index in [4.69, 9.17) is 9.47 Å². The maximum absolute atomic E-state index is 12.8. The van der Waals surface area contributed by atoms with Crippen molar-refractivity contribution in [3.05, 3.63) is 35.9 Å². The summed E-state index contributed by atoms with van der Waals surface area (Å²) in [6.45, 7) is 6.81. The molecule has 2 heterocycles. The lowest BCUT2D eigenvalue weighted by Crippen LogP contribution is -2.71. The highest BCUT2D eigenvalue weighted by Crippen LogP contribution is 2.51. The molecule has 2 aliphatic rings. The van der Waals surface area contributed by atoms with E-state index >= 15 is 0 Å². The Morgan fingerprint density at radius 3 is 2.52 bits per heavy atom. The van der Waals surface area contributed by atoms with Crippen molar-refractivity contribution >= 4 is 35.7 Å². The van der Waals surface area contributed by atoms with Crippen molar-refractivity contribution in [2.75, 3.05) is 6.61 Å². The minimum atomic E-state index is -1.16. The largest absolute Gasteiger partial charge is 0.511 e. The van der Waals surface area contributed by atoms with Gasteiger partial charge in [-0.25, -0.2) is 9.59 Å². The number of hydrogen-bond donors (Lipinski definition) is 1. The van der Waals surface area contributed by atoms with Gasteiger partial charge in [0.25, 0.3) is 0 Å². The molecule has 2 aliphatic heterocycles. The number of amides is 2. The molecule has 1 N–H and O–H groups in total. The van der Waals surface area contributed by atoms with E-state index in [-0.39, 0.29) is 30.2 Å². The summed E-state index contributed by atoms with van der Waals surface area (Å²) in [4.78, 5) is 50.7. The number of rotatable bonds is 7. The van der Waals surface area contributed by atoms with Crippen LogP contribution < -0.4 is 5.32 Å². The molecule has 31 heavy (non-hydrogen) atoms. The molecule has 0 aliphatic carbocycles. The standard InChI is InChI=1S/C21H26N2O7S/c1-5-28-20(27)30-12(2)29-19(26)16-21(3,4)31-18-15(17(25)23(16)18)22-14(24)11-13-9-7-6-8-10-13/h6-10,12,15-16,18H,5,11H2,1-4H3,(H,22,24)/t12?,15-,16?,18?/m1/s1. The van der Waals surface area contributed by atoms with Crippen molar-refractivity contribution in [1.29, 1.82) is 0 Å². The molecule has 2 amide bonds. The Morgan fingerprint density at radius 2 is 1.87 bits per heavy atom. The van der Waals surface area contributed by atoms with Crippen LogP contribution in [0.25, 0.3) is 0 Å². The highest BCUT2D eigenvalue weighted by molar-refractivity contribution is 8.01. The topological polar surface area (TPSA) is 111 Å². The molecule has 0 bridgehead atoms. The Morgan fingerprint density at radius 1 is 1.19 bits per heavy atom. The zero-order valence-corrected chi connectivity index (χ0v) is 18.6. The van der Waals surface area contributed by atoms with Gasteiger partial charge in [-0.05, 0) is 26.3 Å². The summed E-state index contributed by atoms with van der Waals surface area (Å²) < 4.78 is 14.1. The maximum Gasteiger partial charge on any atom is 0.511 e. The van der Waals surface area contributed by atoms with Crippen molar-refractivity contribution in [1.82, 2.24) is 10.2 Å². The first-order valence-electron chi connectivity index (χ1n) is 10.0. The number of β-lactam (4-membered cyclic amide) rings is 1. The van der Waals surface area contributed by atoms with Gasteiger partial charge in [0.15, 0.2) is 0 Å². The van der Waals surface area contributed by atoms with E-state index in [0.29, 0.717) is 0 Å². The molecule has 2 fully saturated rings. The van der Waals surface area contributed by atoms with E-state index in [0.717, 1.165) is 5.56 Å². The lowest BCUT2D eigenvalue weighted by atomic mass is 9.96. The minimum absolute atomic E-state index is 0.132. The monoisotopic (exact) mass is 450 g/mol. The van der Waals surface area contributed by atoms with Gasteiger partial charge in [0.1, 0.15) is 17.5 Å². The van der Waals surface area contributed by atoms with Crippen LogP contribution in [0.5, 0.6) is 0 Å². The van der Waals surface area contributed by atoms with Gasteiger partial charge in [0.05, 0.1) is 13.0 Å². The molecule has 0 aromatic heterocycles. The highest BCUT2D eigenvalue weighted by Gasteiger charge is 2.64. The summed E-state index contributed by atoms with van der Waals surface area (Å²) in [7, 11) is 0. The maximum atomic E-state index is 12.8. The fraction of sp³-hybridized carbons (Fsp3) is 0.524. The van der Waals surface area contributed by atoms with Crippen molar-refractivity contribution in [3.63, 3.8) is 0 Å². The Labute approximate surface area is 184 Å². The second-order valence-corrected chi connectivity index (χ2v) is 9.54. The Bertz CT molecular complexity index is 861. The van der Waals surface area contributed by atoms with Gasteiger partial charge in [0, 0.05) is 11.7 Å². The van der Waals surface area contributed by atoms with Crippen molar-refractivity contribution in [2.24, 2.45) is 0 Å².